The summed E-state index contributed by atoms with van der Waals surface area (Å²) >= 11 is 3.51. The van der Waals surface area contributed by atoms with E-state index in [0.29, 0.717) is 6.54 Å². The molecule has 0 radical (unpaired) electrons. The highest BCUT2D eigenvalue weighted by Crippen LogP contribution is 2.26. The third-order valence-corrected chi connectivity index (χ3v) is 3.73. The Labute approximate surface area is 128 Å². The van der Waals surface area contributed by atoms with Crippen LogP contribution in [0.15, 0.2) is 22.7 Å². The van der Waals surface area contributed by atoms with Crippen molar-refractivity contribution in [1.29, 1.82) is 0 Å². The summed E-state index contributed by atoms with van der Waals surface area (Å²) in [4.78, 5) is 2.37. The lowest BCUT2D eigenvalue weighted by atomic mass is 10.2. The van der Waals surface area contributed by atoms with Gasteiger partial charge in [0.25, 0.3) is 0 Å². The van der Waals surface area contributed by atoms with Crippen molar-refractivity contribution in [3.8, 4) is 5.75 Å². The van der Waals surface area contributed by atoms with Crippen LogP contribution in [-0.2, 0) is 11.3 Å². The predicted molar refractivity (Wildman–Crippen MR) is 82.0 cm³/mol. The molecule has 1 aromatic rings. The number of rotatable bonds is 4. The third-order valence-electron chi connectivity index (χ3n) is 3.11. The van der Waals surface area contributed by atoms with Gasteiger partial charge in [0.2, 0.25) is 0 Å². The van der Waals surface area contributed by atoms with E-state index in [9.17, 15) is 0 Å². The van der Waals surface area contributed by atoms with E-state index in [1.165, 1.54) is 5.56 Å². The van der Waals surface area contributed by atoms with Gasteiger partial charge in [-0.15, -0.1) is 12.4 Å². The van der Waals surface area contributed by atoms with Crippen molar-refractivity contribution in [3.05, 3.63) is 28.2 Å². The van der Waals surface area contributed by atoms with Gasteiger partial charge in [0, 0.05) is 26.2 Å². The Bertz CT molecular complexity index is 406. The zero-order chi connectivity index (χ0) is 13.0. The van der Waals surface area contributed by atoms with Crippen LogP contribution in [0.2, 0.25) is 0 Å². The number of hydrogen-bond acceptors (Lipinski definition) is 4. The molecule has 1 unspecified atom stereocenters. The van der Waals surface area contributed by atoms with E-state index in [4.69, 9.17) is 15.2 Å². The minimum Gasteiger partial charge on any atom is -0.496 e. The molecule has 0 amide bonds. The second kappa shape index (κ2) is 8.07. The number of nitrogens with two attached hydrogens (primary N) is 1. The molecule has 0 bridgehead atoms. The van der Waals surface area contributed by atoms with E-state index in [0.717, 1.165) is 36.5 Å². The van der Waals surface area contributed by atoms with Gasteiger partial charge in [-0.05, 0) is 33.6 Å². The van der Waals surface area contributed by atoms with Crippen LogP contribution in [0.3, 0.4) is 0 Å². The van der Waals surface area contributed by atoms with Gasteiger partial charge >= 0.3 is 0 Å². The highest BCUT2D eigenvalue weighted by molar-refractivity contribution is 9.10. The fourth-order valence-corrected chi connectivity index (χ4v) is 2.72. The Morgan fingerprint density at radius 1 is 1.53 bits per heavy atom. The third kappa shape index (κ3) is 4.61. The molecule has 6 heteroatoms. The monoisotopic (exact) mass is 350 g/mol. The van der Waals surface area contributed by atoms with Crippen molar-refractivity contribution < 1.29 is 9.47 Å². The zero-order valence-electron chi connectivity index (χ0n) is 11.0. The summed E-state index contributed by atoms with van der Waals surface area (Å²) in [6.45, 7) is 4.13. The molecular formula is C13H20BrClN2O2. The molecule has 0 spiro atoms. The van der Waals surface area contributed by atoms with Crippen LogP contribution in [0.5, 0.6) is 5.75 Å². The van der Waals surface area contributed by atoms with Crippen molar-refractivity contribution in [2.75, 3.05) is 33.4 Å². The molecule has 108 valence electrons. The Morgan fingerprint density at radius 3 is 2.95 bits per heavy atom. The molecule has 0 aromatic heterocycles. The molecule has 1 saturated heterocycles. The standard InChI is InChI=1S/C13H19BrN2O2.ClH/c1-17-13-3-2-10(6-12(13)14)8-16-4-5-18-11(7-15)9-16;/h2-3,6,11H,4-5,7-9,15H2,1H3;1H. The number of morpholine rings is 1. The predicted octanol–water partition coefficient (Wildman–Crippen LogP) is 2.04. The number of nitrogens with zero attached hydrogens (tertiary/aromatic N) is 1. The van der Waals surface area contributed by atoms with E-state index in [1.54, 1.807) is 7.11 Å². The van der Waals surface area contributed by atoms with E-state index < -0.39 is 0 Å². The average Bonchev–Trinajstić information content (AvgIpc) is 2.39. The van der Waals surface area contributed by atoms with Crippen molar-refractivity contribution in [3.63, 3.8) is 0 Å². The summed E-state index contributed by atoms with van der Waals surface area (Å²) in [6.07, 6.45) is 0.167. The molecule has 1 aromatic carbocycles. The van der Waals surface area contributed by atoms with Crippen molar-refractivity contribution in [1.82, 2.24) is 4.90 Å². The van der Waals surface area contributed by atoms with Crippen LogP contribution in [0.4, 0.5) is 0 Å². The summed E-state index contributed by atoms with van der Waals surface area (Å²) in [6, 6.07) is 6.18. The number of benzene rings is 1. The first-order valence-corrected chi connectivity index (χ1v) is 6.88. The van der Waals surface area contributed by atoms with Crippen LogP contribution in [0, 0.1) is 0 Å². The Kier molecular flexibility index (Phi) is 7.10. The molecule has 1 atom stereocenters. The summed E-state index contributed by atoms with van der Waals surface area (Å²) in [5.74, 6) is 0.862. The van der Waals surface area contributed by atoms with Gasteiger partial charge in [0.15, 0.2) is 0 Å². The smallest absolute Gasteiger partial charge is 0.133 e. The summed E-state index contributed by atoms with van der Waals surface area (Å²) in [5, 5.41) is 0. The largest absolute Gasteiger partial charge is 0.496 e. The van der Waals surface area contributed by atoms with Gasteiger partial charge in [-0.1, -0.05) is 6.07 Å². The van der Waals surface area contributed by atoms with Gasteiger partial charge in [-0.2, -0.15) is 0 Å². The van der Waals surface area contributed by atoms with Gasteiger partial charge in [-0.25, -0.2) is 0 Å². The summed E-state index contributed by atoms with van der Waals surface area (Å²) in [7, 11) is 1.67. The molecule has 4 nitrogen and oxygen atoms in total. The lowest BCUT2D eigenvalue weighted by Gasteiger charge is -2.32. The fourth-order valence-electron chi connectivity index (χ4n) is 2.13. The maximum Gasteiger partial charge on any atom is 0.133 e. The molecule has 0 saturated carbocycles. The maximum atomic E-state index is 5.65. The molecule has 19 heavy (non-hydrogen) atoms. The minimum absolute atomic E-state index is 0. The zero-order valence-corrected chi connectivity index (χ0v) is 13.4. The van der Waals surface area contributed by atoms with E-state index >= 15 is 0 Å². The lowest BCUT2D eigenvalue weighted by Crippen LogP contribution is -2.45. The highest BCUT2D eigenvalue weighted by Gasteiger charge is 2.19. The highest BCUT2D eigenvalue weighted by atomic mass is 79.9. The first kappa shape index (κ1) is 16.7. The molecule has 1 aliphatic heterocycles. The normalized spacial score (nSPS) is 19.8. The molecule has 1 heterocycles. The topological polar surface area (TPSA) is 47.7 Å². The molecule has 1 aliphatic rings. The molecule has 0 aliphatic carbocycles. The number of halogens is 2. The van der Waals surface area contributed by atoms with Crippen LogP contribution in [0.25, 0.3) is 0 Å². The van der Waals surface area contributed by atoms with E-state index in [-0.39, 0.29) is 18.5 Å². The maximum absolute atomic E-state index is 5.65. The molecule has 1 fully saturated rings. The van der Waals surface area contributed by atoms with Gasteiger partial charge in [-0.3, -0.25) is 4.90 Å². The second-order valence-electron chi connectivity index (χ2n) is 4.43. The van der Waals surface area contributed by atoms with Gasteiger partial charge < -0.3 is 15.2 Å². The second-order valence-corrected chi connectivity index (χ2v) is 5.29. The van der Waals surface area contributed by atoms with Crippen LogP contribution in [0.1, 0.15) is 5.56 Å². The van der Waals surface area contributed by atoms with E-state index in [1.807, 2.05) is 6.07 Å². The molecule has 2 rings (SSSR count). The van der Waals surface area contributed by atoms with Crippen LogP contribution >= 0.6 is 28.3 Å². The minimum atomic E-state index is 0. The quantitative estimate of drug-likeness (QED) is 0.902. The lowest BCUT2D eigenvalue weighted by molar-refractivity contribution is -0.0260. The molecular weight excluding hydrogens is 332 g/mol. The number of hydrogen-bond donors (Lipinski definition) is 1. The first-order valence-electron chi connectivity index (χ1n) is 6.09. The van der Waals surface area contributed by atoms with Gasteiger partial charge in [0.1, 0.15) is 5.75 Å². The molecule has 2 N–H and O–H groups in total. The fraction of sp³-hybridized carbons (Fsp3) is 0.538. The van der Waals surface area contributed by atoms with Crippen molar-refractivity contribution >= 4 is 28.3 Å². The van der Waals surface area contributed by atoms with E-state index in [2.05, 4.69) is 33.0 Å². The Morgan fingerprint density at radius 2 is 2.32 bits per heavy atom. The number of methoxy groups -OCH3 is 1. The number of ether oxygens (including phenoxy) is 2. The van der Waals surface area contributed by atoms with Crippen LogP contribution in [-0.4, -0.2) is 44.4 Å². The van der Waals surface area contributed by atoms with Crippen molar-refractivity contribution in [2.24, 2.45) is 5.73 Å². The Hall–Kier alpha value is -0.330. The summed E-state index contributed by atoms with van der Waals surface area (Å²) < 4.78 is 11.8. The SMILES string of the molecule is COc1ccc(CN2CCOC(CN)C2)cc1Br.Cl. The summed E-state index contributed by atoms with van der Waals surface area (Å²) in [5.41, 5.74) is 6.91. The van der Waals surface area contributed by atoms with Crippen molar-refractivity contribution in [2.45, 2.75) is 12.6 Å². The van der Waals surface area contributed by atoms with Gasteiger partial charge in [0.05, 0.1) is 24.3 Å². The first-order chi connectivity index (χ1) is 8.72. The Balaban J connectivity index is 0.00000180. The average molecular weight is 352 g/mol. The van der Waals surface area contributed by atoms with Crippen LogP contribution < -0.4 is 10.5 Å².